The maximum absolute atomic E-state index is 12.9. The van der Waals surface area contributed by atoms with E-state index >= 15 is 0 Å². The van der Waals surface area contributed by atoms with Gasteiger partial charge in [0.25, 0.3) is 0 Å². The highest BCUT2D eigenvalue weighted by molar-refractivity contribution is 5.82. The first-order valence-corrected chi connectivity index (χ1v) is 9.10. The molecule has 0 aliphatic carbocycles. The second-order valence-electron chi connectivity index (χ2n) is 7.43. The molecule has 144 valence electrons. The summed E-state index contributed by atoms with van der Waals surface area (Å²) in [5.74, 6) is 0.0679. The molecule has 1 aromatic rings. The highest BCUT2D eigenvalue weighted by atomic mass is 19.4. The Kier molecular flexibility index (Phi) is 5.30. The molecule has 2 saturated heterocycles. The van der Waals surface area contributed by atoms with Crippen LogP contribution in [0.15, 0.2) is 24.3 Å². The van der Waals surface area contributed by atoms with Crippen LogP contribution in [0.25, 0.3) is 0 Å². The van der Waals surface area contributed by atoms with E-state index in [0.29, 0.717) is 13.1 Å². The second kappa shape index (κ2) is 7.19. The molecular formula is C19H25F3N2O2. The fraction of sp³-hybridized carbons (Fsp3) is 0.632. The summed E-state index contributed by atoms with van der Waals surface area (Å²) < 4.78 is 38.8. The summed E-state index contributed by atoms with van der Waals surface area (Å²) in [5, 5.41) is 10.9. The van der Waals surface area contributed by atoms with Crippen molar-refractivity contribution in [2.24, 2.45) is 0 Å². The molecule has 0 unspecified atom stereocenters. The maximum Gasteiger partial charge on any atom is 0.416 e. The van der Waals surface area contributed by atoms with E-state index in [-0.39, 0.29) is 30.4 Å². The number of nitrogens with zero attached hydrogens (tertiary/aromatic N) is 2. The van der Waals surface area contributed by atoms with Crippen molar-refractivity contribution in [3.63, 3.8) is 0 Å². The molecule has 4 nitrogen and oxygen atoms in total. The Morgan fingerprint density at radius 1 is 1.19 bits per heavy atom. The molecule has 0 saturated carbocycles. The van der Waals surface area contributed by atoms with E-state index in [1.807, 2.05) is 7.05 Å². The van der Waals surface area contributed by atoms with Crippen LogP contribution in [-0.2, 0) is 16.6 Å². The minimum atomic E-state index is -4.44. The third-order valence-corrected chi connectivity index (χ3v) is 5.69. The van der Waals surface area contributed by atoms with Crippen molar-refractivity contribution in [1.82, 2.24) is 9.80 Å². The van der Waals surface area contributed by atoms with E-state index in [0.717, 1.165) is 37.9 Å². The van der Waals surface area contributed by atoms with Gasteiger partial charge in [0.2, 0.25) is 5.91 Å². The fourth-order valence-electron chi connectivity index (χ4n) is 3.97. The Morgan fingerprint density at radius 3 is 2.50 bits per heavy atom. The first-order valence-electron chi connectivity index (χ1n) is 9.10. The molecule has 2 aliphatic rings. The zero-order valence-corrected chi connectivity index (χ0v) is 14.9. The van der Waals surface area contributed by atoms with Gasteiger partial charge in [0.15, 0.2) is 0 Å². The van der Waals surface area contributed by atoms with Gasteiger partial charge in [-0.1, -0.05) is 18.6 Å². The molecule has 2 aliphatic heterocycles. The van der Waals surface area contributed by atoms with E-state index in [4.69, 9.17) is 0 Å². The third kappa shape index (κ3) is 3.88. The van der Waals surface area contributed by atoms with Gasteiger partial charge in [-0.15, -0.1) is 0 Å². The number of aliphatic hydroxyl groups is 1. The van der Waals surface area contributed by atoms with Gasteiger partial charge >= 0.3 is 6.18 Å². The number of alkyl halides is 3. The van der Waals surface area contributed by atoms with E-state index in [2.05, 4.69) is 4.90 Å². The number of likely N-dealkylation sites (N-methyl/N-ethyl adjacent to an activating group) is 1. The standard InChI is InChI=1S/C19H25F3N2O2/c1-23-10-3-2-7-16(23)17(25)24-11-8-18(26,9-12-24)14-5-4-6-15(13-14)19(20,21)22/h4-6,13,16,26H,2-3,7-12H2,1H3/t16-/m0/s1. The Labute approximate surface area is 151 Å². The van der Waals surface area contributed by atoms with Gasteiger partial charge in [-0.05, 0) is 57.0 Å². The van der Waals surface area contributed by atoms with Crippen LogP contribution in [0.5, 0.6) is 0 Å². The smallest absolute Gasteiger partial charge is 0.385 e. The zero-order chi connectivity index (χ0) is 18.9. The number of halogens is 3. The van der Waals surface area contributed by atoms with Crippen LogP contribution in [0, 0.1) is 0 Å². The van der Waals surface area contributed by atoms with E-state index in [9.17, 15) is 23.1 Å². The van der Waals surface area contributed by atoms with E-state index in [1.165, 1.54) is 12.1 Å². The largest absolute Gasteiger partial charge is 0.416 e. The number of piperidine rings is 2. The minimum absolute atomic E-state index is 0.0679. The van der Waals surface area contributed by atoms with Crippen LogP contribution < -0.4 is 0 Å². The molecule has 0 bridgehead atoms. The first-order chi connectivity index (χ1) is 12.2. The third-order valence-electron chi connectivity index (χ3n) is 5.69. The zero-order valence-electron chi connectivity index (χ0n) is 14.9. The van der Waals surface area contributed by atoms with Gasteiger partial charge in [0, 0.05) is 13.1 Å². The molecular weight excluding hydrogens is 345 g/mol. The summed E-state index contributed by atoms with van der Waals surface area (Å²) in [4.78, 5) is 16.6. The summed E-state index contributed by atoms with van der Waals surface area (Å²) in [7, 11) is 1.95. The number of rotatable bonds is 2. The van der Waals surface area contributed by atoms with Crippen LogP contribution in [0.3, 0.4) is 0 Å². The summed E-state index contributed by atoms with van der Waals surface area (Å²) >= 11 is 0. The number of hydrogen-bond acceptors (Lipinski definition) is 3. The quantitative estimate of drug-likeness (QED) is 0.870. The molecule has 0 spiro atoms. The molecule has 7 heteroatoms. The van der Waals surface area contributed by atoms with Crippen molar-refractivity contribution in [3.8, 4) is 0 Å². The average Bonchev–Trinajstić information content (AvgIpc) is 2.62. The Bertz CT molecular complexity index is 654. The lowest BCUT2D eigenvalue weighted by Gasteiger charge is -2.41. The van der Waals surface area contributed by atoms with Crippen molar-refractivity contribution >= 4 is 5.91 Å². The number of likely N-dealkylation sites (tertiary alicyclic amines) is 2. The first kappa shape index (κ1) is 19.2. The fourth-order valence-corrected chi connectivity index (χ4v) is 3.97. The van der Waals surface area contributed by atoms with Gasteiger partial charge in [-0.2, -0.15) is 13.2 Å². The molecule has 3 rings (SSSR count). The number of benzene rings is 1. The molecule has 0 aromatic heterocycles. The van der Waals surface area contributed by atoms with E-state index < -0.39 is 17.3 Å². The van der Waals surface area contributed by atoms with Gasteiger partial charge in [0.1, 0.15) is 0 Å². The predicted molar refractivity (Wildman–Crippen MR) is 91.4 cm³/mol. The molecule has 0 radical (unpaired) electrons. The number of carbonyl (C=O) groups is 1. The van der Waals surface area contributed by atoms with Crippen LogP contribution in [0.1, 0.15) is 43.2 Å². The molecule has 1 N–H and O–H groups in total. The highest BCUT2D eigenvalue weighted by Gasteiger charge is 2.39. The van der Waals surface area contributed by atoms with Crippen molar-refractivity contribution in [2.75, 3.05) is 26.7 Å². The van der Waals surface area contributed by atoms with Crippen LogP contribution in [0.4, 0.5) is 13.2 Å². The topological polar surface area (TPSA) is 43.8 Å². The van der Waals surface area contributed by atoms with Crippen LogP contribution >= 0.6 is 0 Å². The van der Waals surface area contributed by atoms with Gasteiger partial charge in [-0.3, -0.25) is 9.69 Å². The molecule has 2 heterocycles. The highest BCUT2D eigenvalue weighted by Crippen LogP contribution is 2.37. The van der Waals surface area contributed by atoms with Crippen LogP contribution in [-0.4, -0.2) is 53.5 Å². The van der Waals surface area contributed by atoms with Crippen molar-refractivity contribution < 1.29 is 23.1 Å². The number of carbonyl (C=O) groups excluding carboxylic acids is 1. The summed E-state index contributed by atoms with van der Waals surface area (Å²) in [6, 6.07) is 4.76. The van der Waals surface area contributed by atoms with Crippen LogP contribution in [0.2, 0.25) is 0 Å². The van der Waals surface area contributed by atoms with Crippen molar-refractivity contribution in [3.05, 3.63) is 35.4 Å². The monoisotopic (exact) mass is 370 g/mol. The summed E-state index contributed by atoms with van der Waals surface area (Å²) in [5.41, 5.74) is -1.81. The molecule has 26 heavy (non-hydrogen) atoms. The van der Waals surface area contributed by atoms with Gasteiger partial charge in [-0.25, -0.2) is 0 Å². The Balaban J connectivity index is 1.68. The van der Waals surface area contributed by atoms with Crippen molar-refractivity contribution in [2.45, 2.75) is 49.9 Å². The Hall–Kier alpha value is -1.60. The molecule has 1 amide bonds. The number of hydrogen-bond donors (Lipinski definition) is 1. The lowest BCUT2D eigenvalue weighted by molar-refractivity contribution is -0.142. The molecule has 2 fully saturated rings. The van der Waals surface area contributed by atoms with E-state index in [1.54, 1.807) is 4.90 Å². The van der Waals surface area contributed by atoms with Crippen molar-refractivity contribution in [1.29, 1.82) is 0 Å². The second-order valence-corrected chi connectivity index (χ2v) is 7.43. The summed E-state index contributed by atoms with van der Waals surface area (Å²) in [6.45, 7) is 1.62. The Morgan fingerprint density at radius 2 is 1.88 bits per heavy atom. The minimum Gasteiger partial charge on any atom is -0.385 e. The van der Waals surface area contributed by atoms with Gasteiger partial charge < -0.3 is 10.0 Å². The summed E-state index contributed by atoms with van der Waals surface area (Å²) in [6.07, 6.45) is -0.983. The maximum atomic E-state index is 12.9. The molecule has 1 aromatic carbocycles. The SMILES string of the molecule is CN1CCCC[C@H]1C(=O)N1CCC(O)(c2cccc(C(F)(F)F)c2)CC1. The lowest BCUT2D eigenvalue weighted by atomic mass is 9.83. The molecule has 1 atom stereocenters. The van der Waals surface area contributed by atoms with Gasteiger partial charge in [0.05, 0.1) is 17.2 Å². The lowest BCUT2D eigenvalue weighted by Crippen LogP contribution is -2.53. The predicted octanol–water partition coefficient (Wildman–Crippen LogP) is 3.00. The normalized spacial score (nSPS) is 24.5. The average molecular weight is 370 g/mol. The number of amides is 1.